The van der Waals surface area contributed by atoms with E-state index in [-0.39, 0.29) is 5.97 Å². The number of carbonyl (C=O) groups excluding carboxylic acids is 1. The molecule has 1 aromatic carbocycles. The third kappa shape index (κ3) is 4.10. The van der Waals surface area contributed by atoms with Gasteiger partial charge in [-0.2, -0.15) is 0 Å². The summed E-state index contributed by atoms with van der Waals surface area (Å²) >= 11 is 0. The summed E-state index contributed by atoms with van der Waals surface area (Å²) in [6, 6.07) is 5.70. The first-order chi connectivity index (χ1) is 8.21. The molecular weight excluding hydrogens is 216 g/mol. The van der Waals surface area contributed by atoms with Gasteiger partial charge in [0.05, 0.1) is 7.11 Å². The number of methoxy groups -OCH3 is 1. The second kappa shape index (κ2) is 6.94. The topological polar surface area (TPSA) is 35.5 Å². The minimum absolute atomic E-state index is 0.214. The predicted octanol–water partition coefficient (Wildman–Crippen LogP) is 3.35. The summed E-state index contributed by atoms with van der Waals surface area (Å²) in [5, 5.41) is 0. The van der Waals surface area contributed by atoms with Gasteiger partial charge in [0.2, 0.25) is 0 Å². The Bertz CT molecular complexity index is 372. The van der Waals surface area contributed by atoms with E-state index in [9.17, 15) is 4.79 Å². The molecule has 3 nitrogen and oxygen atoms in total. The van der Waals surface area contributed by atoms with Crippen molar-refractivity contribution >= 4 is 5.97 Å². The number of rotatable bonds is 6. The Balaban J connectivity index is 2.81. The summed E-state index contributed by atoms with van der Waals surface area (Å²) in [6.07, 6.45) is 3.30. The molecule has 0 heterocycles. The summed E-state index contributed by atoms with van der Waals surface area (Å²) in [4.78, 5) is 11.4. The van der Waals surface area contributed by atoms with Gasteiger partial charge in [-0.05, 0) is 30.5 Å². The van der Waals surface area contributed by atoms with E-state index >= 15 is 0 Å². The molecule has 0 aliphatic carbocycles. The molecule has 17 heavy (non-hydrogen) atoms. The number of esters is 1. The number of benzene rings is 1. The zero-order chi connectivity index (χ0) is 12.7. The van der Waals surface area contributed by atoms with Gasteiger partial charge in [-0.3, -0.25) is 4.79 Å². The van der Waals surface area contributed by atoms with Crippen LogP contribution >= 0.6 is 0 Å². The summed E-state index contributed by atoms with van der Waals surface area (Å²) in [5.74, 6) is 0.917. The molecule has 1 aromatic rings. The van der Waals surface area contributed by atoms with Crippen LogP contribution < -0.4 is 9.47 Å². The molecule has 0 saturated heterocycles. The standard InChI is InChI=1S/C14H20O3/c1-4-6-11-8-9-12(13(10-11)16-3)17-14(15)7-5-2/h8-10H,4-7H2,1-3H3. The number of carbonyl (C=O) groups is 1. The number of ether oxygens (including phenoxy) is 2. The van der Waals surface area contributed by atoms with E-state index in [0.29, 0.717) is 17.9 Å². The average Bonchev–Trinajstić information content (AvgIpc) is 2.31. The van der Waals surface area contributed by atoms with E-state index in [1.807, 2.05) is 19.1 Å². The maximum Gasteiger partial charge on any atom is 0.311 e. The lowest BCUT2D eigenvalue weighted by Crippen LogP contribution is -2.08. The summed E-state index contributed by atoms with van der Waals surface area (Å²) in [7, 11) is 1.59. The molecule has 0 atom stereocenters. The van der Waals surface area contributed by atoms with Crippen LogP contribution in [0.15, 0.2) is 18.2 Å². The van der Waals surface area contributed by atoms with Crippen LogP contribution in [0.5, 0.6) is 11.5 Å². The lowest BCUT2D eigenvalue weighted by atomic mass is 10.1. The SMILES string of the molecule is CCCC(=O)Oc1ccc(CCC)cc1OC. The minimum atomic E-state index is -0.214. The molecule has 0 bridgehead atoms. The second-order valence-electron chi connectivity index (χ2n) is 3.96. The van der Waals surface area contributed by atoms with Crippen molar-refractivity contribution in [3.05, 3.63) is 23.8 Å². The molecule has 0 aliphatic rings. The highest BCUT2D eigenvalue weighted by Gasteiger charge is 2.09. The first-order valence-corrected chi connectivity index (χ1v) is 6.08. The second-order valence-corrected chi connectivity index (χ2v) is 3.96. The summed E-state index contributed by atoms with van der Waals surface area (Å²) in [5.41, 5.74) is 1.19. The molecule has 0 radical (unpaired) electrons. The zero-order valence-corrected chi connectivity index (χ0v) is 10.8. The van der Waals surface area contributed by atoms with Crippen LogP contribution in [0, 0.1) is 0 Å². The van der Waals surface area contributed by atoms with E-state index in [0.717, 1.165) is 19.3 Å². The van der Waals surface area contributed by atoms with E-state index < -0.39 is 0 Å². The quantitative estimate of drug-likeness (QED) is 0.561. The molecule has 0 spiro atoms. The maximum atomic E-state index is 11.4. The van der Waals surface area contributed by atoms with Crippen LogP contribution in [0.2, 0.25) is 0 Å². The highest BCUT2D eigenvalue weighted by Crippen LogP contribution is 2.28. The van der Waals surface area contributed by atoms with Crippen molar-refractivity contribution in [2.45, 2.75) is 39.5 Å². The molecule has 1 rings (SSSR count). The Morgan fingerprint density at radius 3 is 2.53 bits per heavy atom. The monoisotopic (exact) mass is 236 g/mol. The van der Waals surface area contributed by atoms with Crippen molar-refractivity contribution in [1.82, 2.24) is 0 Å². The number of hydrogen-bond donors (Lipinski definition) is 0. The van der Waals surface area contributed by atoms with Gasteiger partial charge in [0.1, 0.15) is 0 Å². The summed E-state index contributed by atoms with van der Waals surface area (Å²) < 4.78 is 10.5. The average molecular weight is 236 g/mol. The molecule has 0 fully saturated rings. The number of aryl methyl sites for hydroxylation is 1. The smallest absolute Gasteiger partial charge is 0.311 e. The van der Waals surface area contributed by atoms with Crippen LogP contribution in [0.1, 0.15) is 38.7 Å². The molecule has 0 aromatic heterocycles. The first-order valence-electron chi connectivity index (χ1n) is 6.08. The van der Waals surface area contributed by atoms with Crippen molar-refractivity contribution < 1.29 is 14.3 Å². The lowest BCUT2D eigenvalue weighted by molar-refractivity contribution is -0.134. The fourth-order valence-electron chi connectivity index (χ4n) is 1.62. The first kappa shape index (κ1) is 13.6. The highest BCUT2D eigenvalue weighted by molar-refractivity contribution is 5.73. The van der Waals surface area contributed by atoms with E-state index in [2.05, 4.69) is 6.92 Å². The fraction of sp³-hybridized carbons (Fsp3) is 0.500. The van der Waals surface area contributed by atoms with Gasteiger partial charge in [-0.25, -0.2) is 0 Å². The Labute approximate surface area is 103 Å². The van der Waals surface area contributed by atoms with Crippen LogP contribution in [-0.2, 0) is 11.2 Å². The third-order valence-electron chi connectivity index (χ3n) is 2.44. The molecule has 0 saturated carbocycles. The lowest BCUT2D eigenvalue weighted by Gasteiger charge is -2.10. The third-order valence-corrected chi connectivity index (χ3v) is 2.44. The fourth-order valence-corrected chi connectivity index (χ4v) is 1.62. The minimum Gasteiger partial charge on any atom is -0.493 e. The Hall–Kier alpha value is -1.51. The Morgan fingerprint density at radius 2 is 1.94 bits per heavy atom. The molecule has 3 heteroatoms. The van der Waals surface area contributed by atoms with Crippen LogP contribution in [0.25, 0.3) is 0 Å². The van der Waals surface area contributed by atoms with Gasteiger partial charge < -0.3 is 9.47 Å². The zero-order valence-electron chi connectivity index (χ0n) is 10.8. The molecule has 0 amide bonds. The molecule has 94 valence electrons. The van der Waals surface area contributed by atoms with Crippen LogP contribution in [-0.4, -0.2) is 13.1 Å². The van der Waals surface area contributed by atoms with Crippen LogP contribution in [0.4, 0.5) is 0 Å². The van der Waals surface area contributed by atoms with Crippen LogP contribution in [0.3, 0.4) is 0 Å². The largest absolute Gasteiger partial charge is 0.493 e. The van der Waals surface area contributed by atoms with Crippen molar-refractivity contribution in [2.24, 2.45) is 0 Å². The van der Waals surface area contributed by atoms with Gasteiger partial charge in [0.15, 0.2) is 11.5 Å². The Kier molecular flexibility index (Phi) is 5.53. The van der Waals surface area contributed by atoms with Crippen molar-refractivity contribution in [1.29, 1.82) is 0 Å². The van der Waals surface area contributed by atoms with E-state index in [4.69, 9.17) is 9.47 Å². The highest BCUT2D eigenvalue weighted by atomic mass is 16.6. The molecule has 0 N–H and O–H groups in total. The van der Waals surface area contributed by atoms with Gasteiger partial charge in [-0.15, -0.1) is 0 Å². The van der Waals surface area contributed by atoms with E-state index in [1.54, 1.807) is 13.2 Å². The van der Waals surface area contributed by atoms with Crippen molar-refractivity contribution in [2.75, 3.05) is 7.11 Å². The van der Waals surface area contributed by atoms with Gasteiger partial charge in [-0.1, -0.05) is 26.3 Å². The van der Waals surface area contributed by atoms with E-state index in [1.165, 1.54) is 5.56 Å². The number of hydrogen-bond acceptors (Lipinski definition) is 3. The molecular formula is C14H20O3. The van der Waals surface area contributed by atoms with Gasteiger partial charge >= 0.3 is 5.97 Å². The predicted molar refractivity (Wildman–Crippen MR) is 67.5 cm³/mol. The Morgan fingerprint density at radius 1 is 1.18 bits per heavy atom. The van der Waals surface area contributed by atoms with Crippen molar-refractivity contribution in [3.63, 3.8) is 0 Å². The summed E-state index contributed by atoms with van der Waals surface area (Å²) in [6.45, 7) is 4.07. The normalized spacial score (nSPS) is 10.1. The molecule has 0 unspecified atom stereocenters. The van der Waals surface area contributed by atoms with Gasteiger partial charge in [0, 0.05) is 6.42 Å². The maximum absolute atomic E-state index is 11.4. The van der Waals surface area contributed by atoms with Crippen molar-refractivity contribution in [3.8, 4) is 11.5 Å². The molecule has 0 aliphatic heterocycles. The van der Waals surface area contributed by atoms with Gasteiger partial charge in [0.25, 0.3) is 0 Å².